The Morgan fingerprint density at radius 2 is 1.79 bits per heavy atom. The number of nitrogens with one attached hydrogen (secondary N) is 3. The van der Waals surface area contributed by atoms with Crippen molar-refractivity contribution in [2.45, 2.75) is 38.8 Å². The summed E-state index contributed by atoms with van der Waals surface area (Å²) in [6.07, 6.45) is 3.06. The molecule has 1 unspecified atom stereocenters. The van der Waals surface area contributed by atoms with Crippen LogP contribution >= 0.6 is 0 Å². The number of ether oxygens (including phenoxy) is 1. The van der Waals surface area contributed by atoms with Crippen LogP contribution in [0.4, 0.5) is 10.5 Å². The second kappa shape index (κ2) is 11.8. The second-order valence-electron chi connectivity index (χ2n) is 10.7. The minimum absolute atomic E-state index is 0.129. The first-order valence-corrected chi connectivity index (χ1v) is 14.1. The normalized spacial score (nSPS) is 14.1. The van der Waals surface area contributed by atoms with Crippen LogP contribution in [-0.2, 0) is 24.2 Å². The van der Waals surface area contributed by atoms with E-state index in [-0.39, 0.29) is 18.6 Å². The lowest BCUT2D eigenvalue weighted by atomic mass is 9.87. The number of carbonyl (C=O) groups excluding carboxylic acids is 3. The lowest BCUT2D eigenvalue weighted by Crippen LogP contribution is -2.39. The van der Waals surface area contributed by atoms with Gasteiger partial charge < -0.3 is 26.1 Å². The summed E-state index contributed by atoms with van der Waals surface area (Å²) < 4.78 is 5.43. The minimum atomic E-state index is -0.526. The third-order valence-electron chi connectivity index (χ3n) is 7.91. The third-order valence-corrected chi connectivity index (χ3v) is 7.91. The van der Waals surface area contributed by atoms with Crippen LogP contribution in [0.2, 0.25) is 0 Å². The van der Waals surface area contributed by atoms with Crippen molar-refractivity contribution in [1.29, 1.82) is 0 Å². The van der Waals surface area contributed by atoms with Gasteiger partial charge in [0.25, 0.3) is 11.8 Å². The van der Waals surface area contributed by atoms with Crippen LogP contribution < -0.4 is 16.4 Å². The fourth-order valence-electron chi connectivity index (χ4n) is 5.77. The zero-order valence-corrected chi connectivity index (χ0v) is 23.6. The molecule has 0 saturated carbocycles. The van der Waals surface area contributed by atoms with Crippen LogP contribution in [0.15, 0.2) is 85.1 Å². The van der Waals surface area contributed by atoms with Gasteiger partial charge in [0.2, 0.25) is 0 Å². The lowest BCUT2D eigenvalue weighted by molar-refractivity contribution is 0.0998. The van der Waals surface area contributed by atoms with Crippen molar-refractivity contribution in [3.63, 3.8) is 0 Å². The number of amides is 3. The van der Waals surface area contributed by atoms with Gasteiger partial charge in [-0.15, -0.1) is 0 Å². The Morgan fingerprint density at radius 1 is 0.977 bits per heavy atom. The van der Waals surface area contributed by atoms with Crippen molar-refractivity contribution in [2.24, 2.45) is 5.73 Å². The van der Waals surface area contributed by atoms with Crippen LogP contribution in [0.3, 0.4) is 0 Å². The fraction of sp³-hybridized carbons (Fsp3) is 0.176. The molecule has 6 rings (SSSR count). The molecule has 9 heteroatoms. The van der Waals surface area contributed by atoms with E-state index >= 15 is 0 Å². The highest BCUT2D eigenvalue weighted by Crippen LogP contribution is 2.40. The molecule has 0 bridgehead atoms. The highest BCUT2D eigenvalue weighted by atomic mass is 16.5. The Balaban J connectivity index is 1.29. The monoisotopic (exact) mass is 573 g/mol. The first-order chi connectivity index (χ1) is 20.9. The Hall–Kier alpha value is -5.44. The molecule has 2 heterocycles. The van der Waals surface area contributed by atoms with E-state index in [0.717, 1.165) is 38.9 Å². The maximum absolute atomic E-state index is 12.8. The molecule has 9 nitrogen and oxygen atoms in total. The summed E-state index contributed by atoms with van der Waals surface area (Å²) in [7, 11) is 0. The largest absolute Gasteiger partial charge is 0.445 e. The van der Waals surface area contributed by atoms with Crippen molar-refractivity contribution in [2.75, 3.05) is 5.32 Å². The van der Waals surface area contributed by atoms with E-state index in [9.17, 15) is 14.4 Å². The van der Waals surface area contributed by atoms with Crippen molar-refractivity contribution >= 4 is 34.5 Å². The summed E-state index contributed by atoms with van der Waals surface area (Å²) in [5.41, 5.74) is 13.5. The predicted molar refractivity (Wildman–Crippen MR) is 165 cm³/mol. The molecule has 0 radical (unpaired) electrons. The van der Waals surface area contributed by atoms with Crippen LogP contribution in [0.5, 0.6) is 0 Å². The number of hydrogen-bond acceptors (Lipinski definition) is 5. The highest BCUT2D eigenvalue weighted by molar-refractivity contribution is 6.11. The number of hydrogen-bond donors (Lipinski definition) is 4. The minimum Gasteiger partial charge on any atom is -0.445 e. The number of primary amides is 1. The van der Waals surface area contributed by atoms with Gasteiger partial charge in [-0.1, -0.05) is 54.6 Å². The van der Waals surface area contributed by atoms with Gasteiger partial charge >= 0.3 is 6.09 Å². The van der Waals surface area contributed by atoms with Gasteiger partial charge in [-0.05, 0) is 71.8 Å². The summed E-state index contributed by atoms with van der Waals surface area (Å²) >= 11 is 0. The van der Waals surface area contributed by atoms with E-state index < -0.39 is 12.0 Å². The van der Waals surface area contributed by atoms with Crippen LogP contribution in [0, 0.1) is 6.92 Å². The Bertz CT molecular complexity index is 1830. The Kier molecular flexibility index (Phi) is 7.61. The number of anilines is 1. The number of fused-ring (bicyclic) bond motifs is 3. The molecule has 43 heavy (non-hydrogen) atoms. The van der Waals surface area contributed by atoms with Gasteiger partial charge in [0.05, 0.1) is 11.1 Å². The van der Waals surface area contributed by atoms with Crippen molar-refractivity contribution in [3.8, 4) is 11.1 Å². The molecule has 216 valence electrons. The van der Waals surface area contributed by atoms with Crippen molar-refractivity contribution in [1.82, 2.24) is 15.3 Å². The summed E-state index contributed by atoms with van der Waals surface area (Å²) in [5.74, 6) is -0.822. The van der Waals surface area contributed by atoms with E-state index in [1.807, 2.05) is 61.5 Å². The zero-order chi connectivity index (χ0) is 29.9. The zero-order valence-electron chi connectivity index (χ0n) is 23.6. The number of nitrogens with zero attached hydrogens (tertiary/aromatic N) is 1. The highest BCUT2D eigenvalue weighted by Gasteiger charge is 2.27. The molecule has 1 atom stereocenters. The summed E-state index contributed by atoms with van der Waals surface area (Å²) in [6.45, 7) is 2.15. The molecule has 1 aliphatic carbocycles. The number of nitrogens with two attached hydrogens (primary N) is 1. The molecule has 1 aliphatic rings. The summed E-state index contributed by atoms with van der Waals surface area (Å²) in [4.78, 5) is 45.4. The van der Waals surface area contributed by atoms with Gasteiger partial charge in [-0.2, -0.15) is 0 Å². The standard InChI is InChI=1S/C34H31N5O4/c1-20-23(10-7-12-27(20)39-33(41)28-11-5-6-17-36-28)24-15-16-26(32(35)40)31-30(24)25-14-13-22(18-29(25)38-31)37-34(42)43-19-21-8-3-2-4-9-21/h2-12,15-17,22,38H,13-14,18-19H2,1H3,(H2,35,40)(H,37,42)(H,39,41). The van der Waals surface area contributed by atoms with E-state index in [1.54, 1.807) is 30.5 Å². The second-order valence-corrected chi connectivity index (χ2v) is 10.7. The molecule has 2 aromatic heterocycles. The van der Waals surface area contributed by atoms with E-state index in [4.69, 9.17) is 10.5 Å². The molecular weight excluding hydrogens is 542 g/mol. The molecule has 5 N–H and O–H groups in total. The molecule has 3 amide bonds. The van der Waals surface area contributed by atoms with Gasteiger partial charge in [-0.25, -0.2) is 4.79 Å². The first-order valence-electron chi connectivity index (χ1n) is 14.1. The smallest absolute Gasteiger partial charge is 0.407 e. The predicted octanol–water partition coefficient (Wildman–Crippen LogP) is 5.67. The lowest BCUT2D eigenvalue weighted by Gasteiger charge is -2.23. The van der Waals surface area contributed by atoms with Gasteiger partial charge in [0.15, 0.2) is 0 Å². The summed E-state index contributed by atoms with van der Waals surface area (Å²) in [5, 5.41) is 6.89. The average molecular weight is 574 g/mol. The number of carbonyl (C=O) groups is 3. The van der Waals surface area contributed by atoms with E-state index in [0.29, 0.717) is 41.7 Å². The number of aryl methyl sites for hydroxylation is 1. The van der Waals surface area contributed by atoms with Gasteiger partial charge in [0, 0.05) is 35.4 Å². The fourth-order valence-corrected chi connectivity index (χ4v) is 5.77. The molecular formula is C34H31N5O4. The van der Waals surface area contributed by atoms with Gasteiger partial charge in [0.1, 0.15) is 12.3 Å². The number of rotatable bonds is 7. The topological polar surface area (TPSA) is 139 Å². The number of benzene rings is 3. The average Bonchev–Trinajstić information content (AvgIpc) is 3.40. The Labute approximate surface area is 248 Å². The summed E-state index contributed by atoms with van der Waals surface area (Å²) in [6, 6.07) is 24.0. The maximum atomic E-state index is 12.8. The van der Waals surface area contributed by atoms with Crippen LogP contribution in [0.25, 0.3) is 22.0 Å². The number of alkyl carbamates (subject to hydrolysis) is 1. The van der Waals surface area contributed by atoms with E-state index in [1.165, 1.54) is 0 Å². The molecule has 3 aromatic carbocycles. The molecule has 5 aromatic rings. The molecule has 0 saturated heterocycles. The molecule has 0 spiro atoms. The number of H-pyrrole nitrogens is 1. The van der Waals surface area contributed by atoms with E-state index in [2.05, 4.69) is 20.6 Å². The first kappa shape index (κ1) is 27.7. The molecule has 0 aliphatic heterocycles. The Morgan fingerprint density at radius 3 is 2.56 bits per heavy atom. The quantitative estimate of drug-likeness (QED) is 0.199. The number of pyridine rings is 1. The van der Waals surface area contributed by atoms with Crippen molar-refractivity contribution in [3.05, 3.63) is 119 Å². The van der Waals surface area contributed by atoms with Crippen molar-refractivity contribution < 1.29 is 19.1 Å². The number of aromatic nitrogens is 2. The van der Waals surface area contributed by atoms with Crippen LogP contribution in [0.1, 0.15) is 49.7 Å². The van der Waals surface area contributed by atoms with Crippen LogP contribution in [-0.4, -0.2) is 33.9 Å². The van der Waals surface area contributed by atoms with Gasteiger partial charge in [-0.3, -0.25) is 14.6 Å². The SMILES string of the molecule is Cc1c(NC(=O)c2ccccn2)cccc1-c1ccc(C(N)=O)c2[nH]c3c(c12)CCC(NC(=O)OCc1ccccc1)C3. The molecule has 0 fully saturated rings. The maximum Gasteiger partial charge on any atom is 0.407 e. The number of aromatic amines is 1. The third kappa shape index (κ3) is 5.70.